The first-order chi connectivity index (χ1) is 16.3. The Labute approximate surface area is 206 Å². The van der Waals surface area contributed by atoms with Crippen LogP contribution in [0.1, 0.15) is 78.7 Å². The topological polar surface area (TPSA) is 91.8 Å². The molecule has 0 bridgehead atoms. The van der Waals surface area contributed by atoms with Gasteiger partial charge in [-0.15, -0.1) is 0 Å². The lowest BCUT2D eigenvalue weighted by Gasteiger charge is -2.32. The Bertz CT molecular complexity index is 738. The second-order valence-electron chi connectivity index (χ2n) is 9.36. The molecule has 4 unspecified atom stereocenters. The summed E-state index contributed by atoms with van der Waals surface area (Å²) in [7, 11) is 2.59. The van der Waals surface area contributed by atoms with Gasteiger partial charge in [0.25, 0.3) is 0 Å². The van der Waals surface area contributed by atoms with E-state index in [4.69, 9.17) is 24.4 Å². The van der Waals surface area contributed by atoms with E-state index in [1.54, 1.807) is 31.4 Å². The zero-order chi connectivity index (χ0) is 25.8. The molecular formula is C28H46O6. The molecule has 4 rings (SSSR count). The quantitative estimate of drug-likeness (QED) is 0.371. The number of aliphatic hydroxyl groups excluding tert-OH is 1. The molecule has 2 aliphatic heterocycles. The van der Waals surface area contributed by atoms with Gasteiger partial charge in [-0.2, -0.15) is 0 Å². The van der Waals surface area contributed by atoms with E-state index < -0.39 is 5.97 Å². The van der Waals surface area contributed by atoms with Crippen LogP contribution in [0.25, 0.3) is 6.08 Å². The number of carboxylic acid groups (broad SMARTS) is 1. The fourth-order valence-electron chi connectivity index (χ4n) is 4.75. The highest BCUT2D eigenvalue weighted by Gasteiger charge is 2.67. The van der Waals surface area contributed by atoms with E-state index in [-0.39, 0.29) is 11.2 Å². The molecule has 194 valence electrons. The number of hydrogen-bond donors (Lipinski definition) is 2. The maximum Gasteiger partial charge on any atom is 0.328 e. The molecule has 4 atom stereocenters. The number of methoxy groups -OCH3 is 1. The van der Waals surface area contributed by atoms with Crippen molar-refractivity contribution in [3.63, 3.8) is 0 Å². The molecule has 0 radical (unpaired) electrons. The summed E-state index contributed by atoms with van der Waals surface area (Å²) >= 11 is 0. The number of aliphatic hydroxyl groups is 1. The van der Waals surface area contributed by atoms with Gasteiger partial charge in [-0.3, -0.25) is 0 Å². The Morgan fingerprint density at radius 2 is 1.82 bits per heavy atom. The van der Waals surface area contributed by atoms with Crippen LogP contribution in [0.3, 0.4) is 0 Å². The largest absolute Gasteiger partial charge is 0.497 e. The Morgan fingerprint density at radius 1 is 1.21 bits per heavy atom. The minimum atomic E-state index is -0.948. The second-order valence-corrected chi connectivity index (χ2v) is 9.36. The summed E-state index contributed by atoms with van der Waals surface area (Å²) in [6, 6.07) is 7.14. The highest BCUT2D eigenvalue weighted by Crippen LogP contribution is 2.58. The molecule has 2 heterocycles. The smallest absolute Gasteiger partial charge is 0.328 e. The van der Waals surface area contributed by atoms with Crippen LogP contribution in [-0.2, 0) is 14.3 Å². The Morgan fingerprint density at radius 3 is 2.32 bits per heavy atom. The van der Waals surface area contributed by atoms with Gasteiger partial charge in [0.05, 0.1) is 31.0 Å². The summed E-state index contributed by atoms with van der Waals surface area (Å²) in [6.45, 7) is 11.9. The Hall–Kier alpha value is -1.89. The van der Waals surface area contributed by atoms with Gasteiger partial charge in [0, 0.05) is 19.1 Å². The van der Waals surface area contributed by atoms with Gasteiger partial charge in [-0.1, -0.05) is 52.7 Å². The lowest BCUT2D eigenvalue weighted by atomic mass is 9.71. The van der Waals surface area contributed by atoms with Gasteiger partial charge >= 0.3 is 5.97 Å². The summed E-state index contributed by atoms with van der Waals surface area (Å²) in [5, 5.41) is 15.4. The number of hydrogen-bond acceptors (Lipinski definition) is 5. The van der Waals surface area contributed by atoms with Crippen molar-refractivity contribution in [2.24, 2.45) is 11.8 Å². The molecule has 6 heteroatoms. The van der Waals surface area contributed by atoms with E-state index in [0.717, 1.165) is 37.0 Å². The molecule has 1 aromatic rings. The van der Waals surface area contributed by atoms with Crippen molar-refractivity contribution < 1.29 is 29.2 Å². The molecule has 34 heavy (non-hydrogen) atoms. The monoisotopic (exact) mass is 478 g/mol. The third-order valence-electron chi connectivity index (χ3n) is 6.70. The van der Waals surface area contributed by atoms with E-state index in [0.29, 0.717) is 12.0 Å². The number of epoxide rings is 2. The van der Waals surface area contributed by atoms with E-state index in [9.17, 15) is 4.79 Å². The molecule has 2 N–H and O–H groups in total. The van der Waals surface area contributed by atoms with Gasteiger partial charge in [-0.25, -0.2) is 4.79 Å². The van der Waals surface area contributed by atoms with E-state index >= 15 is 0 Å². The SMILES string of the molecule is CC.CC(C)CCC1OC1(C)C1CCCCC12CO2.CO.COc1ccc(/C=C/C(=O)O)cc1. The standard InChI is InChI=1S/C15H26O2.C10H10O3.C2H6.CH4O/c1-11(2)7-8-13-14(3,17-13)12-6-4-5-9-15(12)10-16-15;1-13-9-5-2-8(3-6-9)4-7-10(11)12;2*1-2/h11-13H,4-10H2,1-3H3;2-7H,1H3,(H,11,12);1-2H3;2H,1H3/b;7-4+;;. The molecule has 1 aromatic carbocycles. The lowest BCUT2D eigenvalue weighted by molar-refractivity contribution is -0.131. The van der Waals surface area contributed by atoms with Crippen LogP contribution in [0.4, 0.5) is 0 Å². The predicted molar refractivity (Wildman–Crippen MR) is 137 cm³/mol. The lowest BCUT2D eigenvalue weighted by Crippen LogP contribution is -2.39. The first-order valence-electron chi connectivity index (χ1n) is 12.6. The zero-order valence-corrected chi connectivity index (χ0v) is 22.2. The van der Waals surface area contributed by atoms with Gasteiger partial charge in [-0.05, 0) is 62.3 Å². The van der Waals surface area contributed by atoms with Crippen molar-refractivity contribution in [3.8, 4) is 5.75 Å². The second kappa shape index (κ2) is 14.5. The minimum Gasteiger partial charge on any atom is -0.497 e. The summed E-state index contributed by atoms with van der Waals surface area (Å²) < 4.78 is 16.9. The first-order valence-corrected chi connectivity index (χ1v) is 12.6. The van der Waals surface area contributed by atoms with E-state index in [1.807, 2.05) is 13.8 Å². The van der Waals surface area contributed by atoms with Crippen molar-refractivity contribution in [2.75, 3.05) is 20.8 Å². The van der Waals surface area contributed by atoms with Crippen molar-refractivity contribution >= 4 is 12.0 Å². The zero-order valence-electron chi connectivity index (χ0n) is 22.2. The summed E-state index contributed by atoms with van der Waals surface area (Å²) in [4.78, 5) is 10.2. The number of carbonyl (C=O) groups is 1. The van der Waals surface area contributed by atoms with Crippen molar-refractivity contribution in [2.45, 2.75) is 90.4 Å². The minimum absolute atomic E-state index is 0.145. The van der Waals surface area contributed by atoms with Crippen LogP contribution in [0.15, 0.2) is 30.3 Å². The maximum absolute atomic E-state index is 10.2. The first kappa shape index (κ1) is 30.1. The highest BCUT2D eigenvalue weighted by atomic mass is 16.6. The maximum atomic E-state index is 10.2. The van der Waals surface area contributed by atoms with Gasteiger partial charge in [0.2, 0.25) is 0 Å². The molecule has 3 fully saturated rings. The molecule has 6 nitrogen and oxygen atoms in total. The third-order valence-corrected chi connectivity index (χ3v) is 6.70. The number of aliphatic carboxylic acids is 1. The van der Waals surface area contributed by atoms with Crippen LogP contribution in [0.5, 0.6) is 5.75 Å². The average molecular weight is 479 g/mol. The molecule has 2 saturated heterocycles. The summed E-state index contributed by atoms with van der Waals surface area (Å²) in [5.41, 5.74) is 1.22. The number of ether oxygens (including phenoxy) is 3. The van der Waals surface area contributed by atoms with Crippen molar-refractivity contribution in [1.29, 1.82) is 0 Å². The highest BCUT2D eigenvalue weighted by molar-refractivity contribution is 5.85. The normalized spacial score (nSPS) is 28.6. The molecule has 0 aromatic heterocycles. The Balaban J connectivity index is 0.000000306. The molecule has 1 spiro atoms. The van der Waals surface area contributed by atoms with Crippen LogP contribution >= 0.6 is 0 Å². The third kappa shape index (κ3) is 8.71. The van der Waals surface area contributed by atoms with E-state index in [2.05, 4.69) is 20.8 Å². The molecule has 1 aliphatic carbocycles. The van der Waals surface area contributed by atoms with Crippen molar-refractivity contribution in [1.82, 2.24) is 0 Å². The number of rotatable bonds is 7. The van der Waals surface area contributed by atoms with Gasteiger partial charge in [0.15, 0.2) is 0 Å². The van der Waals surface area contributed by atoms with Crippen LogP contribution in [0.2, 0.25) is 0 Å². The number of carboxylic acids is 1. The molecule has 1 saturated carbocycles. The summed E-state index contributed by atoms with van der Waals surface area (Å²) in [6.07, 6.45) is 11.0. The summed E-state index contributed by atoms with van der Waals surface area (Å²) in [5.74, 6) is 1.27. The van der Waals surface area contributed by atoms with Gasteiger partial charge in [0.1, 0.15) is 5.75 Å². The molecule has 3 aliphatic rings. The Kier molecular flexibility index (Phi) is 12.9. The van der Waals surface area contributed by atoms with Crippen molar-refractivity contribution in [3.05, 3.63) is 35.9 Å². The van der Waals surface area contributed by atoms with Crippen LogP contribution < -0.4 is 4.74 Å². The average Bonchev–Trinajstić information content (AvgIpc) is 3.77. The number of benzene rings is 1. The van der Waals surface area contributed by atoms with E-state index in [1.165, 1.54) is 44.6 Å². The van der Waals surface area contributed by atoms with Crippen LogP contribution in [-0.4, -0.2) is 54.3 Å². The molecular weight excluding hydrogens is 432 g/mol. The van der Waals surface area contributed by atoms with Gasteiger partial charge < -0.3 is 24.4 Å². The molecule has 0 amide bonds. The fourth-order valence-corrected chi connectivity index (χ4v) is 4.75. The van der Waals surface area contributed by atoms with Crippen LogP contribution in [0, 0.1) is 11.8 Å². The predicted octanol–water partition coefficient (Wildman–Crippen LogP) is 5.97. The fraction of sp³-hybridized carbons (Fsp3) is 0.679.